The van der Waals surface area contributed by atoms with Gasteiger partial charge in [-0.15, -0.1) is 0 Å². The van der Waals surface area contributed by atoms with Gasteiger partial charge >= 0.3 is 13.1 Å². The molecule has 0 fully saturated rings. The third-order valence-electron chi connectivity index (χ3n) is 1.80. The lowest BCUT2D eigenvalue weighted by atomic mass is 9.76. The van der Waals surface area contributed by atoms with E-state index in [9.17, 15) is 4.79 Å². The van der Waals surface area contributed by atoms with Crippen LogP contribution in [0.15, 0.2) is 18.2 Å². The van der Waals surface area contributed by atoms with Gasteiger partial charge in [0.05, 0.1) is 5.56 Å². The summed E-state index contributed by atoms with van der Waals surface area (Å²) in [7, 11) is -1.63. The Hall–Kier alpha value is -1.33. The molecule has 4 nitrogen and oxygen atoms in total. The van der Waals surface area contributed by atoms with Crippen LogP contribution in [0, 0.1) is 6.92 Å². The predicted molar refractivity (Wildman–Crippen MR) is 48.0 cm³/mol. The van der Waals surface area contributed by atoms with E-state index in [0.717, 1.165) is 0 Å². The van der Waals surface area contributed by atoms with Crippen molar-refractivity contribution >= 4 is 18.6 Å². The molecule has 0 bridgehead atoms. The second-order valence-corrected chi connectivity index (χ2v) is 2.75. The van der Waals surface area contributed by atoms with Crippen molar-refractivity contribution in [1.29, 1.82) is 0 Å². The van der Waals surface area contributed by atoms with E-state index in [0.29, 0.717) is 5.56 Å². The quantitative estimate of drug-likeness (QED) is 0.529. The second-order valence-electron chi connectivity index (χ2n) is 2.75. The minimum atomic E-state index is -1.63. The molecule has 1 rings (SSSR count). The Morgan fingerprint density at radius 3 is 2.46 bits per heavy atom. The molecule has 1 aromatic carbocycles. The Morgan fingerprint density at radius 2 is 2.00 bits per heavy atom. The van der Waals surface area contributed by atoms with Crippen LogP contribution in [0.3, 0.4) is 0 Å². The highest BCUT2D eigenvalue weighted by molar-refractivity contribution is 6.59. The first-order valence-corrected chi connectivity index (χ1v) is 3.72. The third-order valence-corrected chi connectivity index (χ3v) is 1.80. The zero-order valence-corrected chi connectivity index (χ0v) is 7.06. The Morgan fingerprint density at radius 1 is 1.38 bits per heavy atom. The topological polar surface area (TPSA) is 77.8 Å². The molecule has 3 N–H and O–H groups in total. The van der Waals surface area contributed by atoms with Gasteiger partial charge in [-0.25, -0.2) is 4.79 Å². The summed E-state index contributed by atoms with van der Waals surface area (Å²) in [5.74, 6) is -1.08. The van der Waals surface area contributed by atoms with Crippen LogP contribution in [0.4, 0.5) is 0 Å². The maximum atomic E-state index is 10.5. The Bertz CT molecular complexity index is 335. The highest BCUT2D eigenvalue weighted by Gasteiger charge is 2.15. The Kier molecular flexibility index (Phi) is 2.70. The molecular formula is C8H9BO4. The van der Waals surface area contributed by atoms with E-state index < -0.39 is 13.1 Å². The highest BCUT2D eigenvalue weighted by atomic mass is 16.4. The molecule has 0 aliphatic rings. The highest BCUT2D eigenvalue weighted by Crippen LogP contribution is 2.01. The number of aromatic carboxylic acids is 1. The van der Waals surface area contributed by atoms with Crippen molar-refractivity contribution in [2.75, 3.05) is 0 Å². The van der Waals surface area contributed by atoms with Crippen molar-refractivity contribution in [2.24, 2.45) is 0 Å². The van der Waals surface area contributed by atoms with E-state index in [1.165, 1.54) is 18.2 Å². The number of rotatable bonds is 2. The molecule has 0 spiro atoms. The fourth-order valence-electron chi connectivity index (χ4n) is 1.05. The predicted octanol–water partition coefficient (Wildman–Crippen LogP) is -0.627. The smallest absolute Gasteiger partial charge is 0.478 e. The van der Waals surface area contributed by atoms with Crippen LogP contribution in [0.5, 0.6) is 0 Å². The van der Waals surface area contributed by atoms with E-state index in [4.69, 9.17) is 15.2 Å². The molecule has 0 saturated carbocycles. The summed E-state index contributed by atoms with van der Waals surface area (Å²) in [6.07, 6.45) is 0. The number of hydrogen-bond donors (Lipinski definition) is 3. The van der Waals surface area contributed by atoms with E-state index in [-0.39, 0.29) is 11.0 Å². The molecule has 13 heavy (non-hydrogen) atoms. The molecule has 0 radical (unpaired) electrons. The SMILES string of the molecule is Cc1ccc(C(=O)O)cc1B(O)O. The summed E-state index contributed by atoms with van der Waals surface area (Å²) < 4.78 is 0. The molecular weight excluding hydrogens is 171 g/mol. The van der Waals surface area contributed by atoms with E-state index >= 15 is 0 Å². The zero-order valence-electron chi connectivity index (χ0n) is 7.06. The van der Waals surface area contributed by atoms with Crippen molar-refractivity contribution in [1.82, 2.24) is 0 Å². The van der Waals surface area contributed by atoms with E-state index in [1.807, 2.05) is 0 Å². The first-order chi connectivity index (χ1) is 6.02. The lowest BCUT2D eigenvalue weighted by Crippen LogP contribution is -2.32. The van der Waals surface area contributed by atoms with Gasteiger partial charge in [0.25, 0.3) is 0 Å². The van der Waals surface area contributed by atoms with Gasteiger partial charge in [0, 0.05) is 0 Å². The van der Waals surface area contributed by atoms with Crippen LogP contribution in [-0.2, 0) is 0 Å². The molecule has 0 aliphatic carbocycles. The first kappa shape index (κ1) is 9.76. The average Bonchev–Trinajstić information content (AvgIpc) is 2.04. The van der Waals surface area contributed by atoms with Gasteiger partial charge < -0.3 is 15.2 Å². The van der Waals surface area contributed by atoms with Crippen LogP contribution in [0.2, 0.25) is 0 Å². The zero-order chi connectivity index (χ0) is 10.0. The number of carbonyl (C=O) groups is 1. The molecule has 1 aromatic rings. The third kappa shape index (κ3) is 2.08. The van der Waals surface area contributed by atoms with Gasteiger partial charge in [-0.2, -0.15) is 0 Å². The molecule has 5 heteroatoms. The number of carboxylic acids is 1. The number of benzene rings is 1. The number of carboxylic acid groups (broad SMARTS) is 1. The minimum absolute atomic E-state index is 0.0497. The van der Waals surface area contributed by atoms with Crippen molar-refractivity contribution in [3.05, 3.63) is 29.3 Å². The normalized spacial score (nSPS) is 9.77. The van der Waals surface area contributed by atoms with Gasteiger partial charge in [0.1, 0.15) is 0 Å². The largest absolute Gasteiger partial charge is 0.488 e. The molecule has 0 aliphatic heterocycles. The maximum absolute atomic E-state index is 10.5. The molecule has 68 valence electrons. The van der Waals surface area contributed by atoms with Crippen LogP contribution in [0.25, 0.3) is 0 Å². The summed E-state index contributed by atoms with van der Waals surface area (Å²) in [6.45, 7) is 1.68. The lowest BCUT2D eigenvalue weighted by Gasteiger charge is -2.04. The lowest BCUT2D eigenvalue weighted by molar-refractivity contribution is 0.0697. The summed E-state index contributed by atoms with van der Waals surface area (Å²) in [5, 5.41) is 26.4. The molecule has 0 heterocycles. The molecule has 0 atom stereocenters. The maximum Gasteiger partial charge on any atom is 0.488 e. The summed E-state index contributed by atoms with van der Waals surface area (Å²) >= 11 is 0. The number of hydrogen-bond acceptors (Lipinski definition) is 3. The molecule has 0 aromatic heterocycles. The Balaban J connectivity index is 3.19. The first-order valence-electron chi connectivity index (χ1n) is 3.72. The monoisotopic (exact) mass is 180 g/mol. The van der Waals surface area contributed by atoms with Gasteiger partial charge in [0.15, 0.2) is 0 Å². The van der Waals surface area contributed by atoms with Crippen molar-refractivity contribution in [3.8, 4) is 0 Å². The molecule has 0 saturated heterocycles. The van der Waals surface area contributed by atoms with Crippen molar-refractivity contribution in [2.45, 2.75) is 6.92 Å². The molecule has 0 amide bonds. The van der Waals surface area contributed by atoms with E-state index in [2.05, 4.69) is 0 Å². The summed E-state index contributed by atoms with van der Waals surface area (Å²) in [4.78, 5) is 10.5. The van der Waals surface area contributed by atoms with Gasteiger partial charge in [-0.05, 0) is 24.5 Å². The minimum Gasteiger partial charge on any atom is -0.478 e. The van der Waals surface area contributed by atoms with Crippen LogP contribution >= 0.6 is 0 Å². The van der Waals surface area contributed by atoms with Crippen molar-refractivity contribution < 1.29 is 19.9 Å². The Labute approximate surface area is 75.6 Å². The van der Waals surface area contributed by atoms with Gasteiger partial charge in [-0.3, -0.25) is 0 Å². The van der Waals surface area contributed by atoms with Gasteiger partial charge in [0.2, 0.25) is 0 Å². The van der Waals surface area contributed by atoms with Crippen LogP contribution < -0.4 is 5.46 Å². The van der Waals surface area contributed by atoms with E-state index in [1.54, 1.807) is 6.92 Å². The fourth-order valence-corrected chi connectivity index (χ4v) is 1.05. The second kappa shape index (κ2) is 3.59. The standard InChI is InChI=1S/C8H9BO4/c1-5-2-3-6(8(10)11)4-7(5)9(12)13/h2-4,12-13H,1H3,(H,10,11). The molecule has 0 unspecified atom stereocenters. The van der Waals surface area contributed by atoms with Crippen molar-refractivity contribution in [3.63, 3.8) is 0 Å². The van der Waals surface area contributed by atoms with Gasteiger partial charge in [-0.1, -0.05) is 11.6 Å². The van der Waals surface area contributed by atoms with Crippen LogP contribution in [0.1, 0.15) is 15.9 Å². The van der Waals surface area contributed by atoms with Crippen LogP contribution in [-0.4, -0.2) is 28.2 Å². The summed E-state index contributed by atoms with van der Waals surface area (Å²) in [5.41, 5.74) is 0.925. The number of aryl methyl sites for hydroxylation is 1. The summed E-state index contributed by atoms with van der Waals surface area (Å²) in [6, 6.07) is 4.21. The average molecular weight is 180 g/mol. The fraction of sp³-hybridized carbons (Fsp3) is 0.125.